The topological polar surface area (TPSA) is 57.3 Å². The van der Waals surface area contributed by atoms with E-state index in [0.29, 0.717) is 40.3 Å². The monoisotopic (exact) mass is 480 g/mol. The number of ketones is 1. The van der Waals surface area contributed by atoms with Crippen LogP contribution in [-0.2, 0) is 0 Å². The van der Waals surface area contributed by atoms with Gasteiger partial charge in [-0.2, -0.15) is 0 Å². The lowest BCUT2D eigenvalue weighted by atomic mass is 9.90. The third-order valence-corrected chi connectivity index (χ3v) is 7.33. The maximum atomic E-state index is 13.1. The molecule has 1 aliphatic heterocycles. The fraction of sp³-hybridized carbons (Fsp3) is 0.0625. The van der Waals surface area contributed by atoms with Crippen molar-refractivity contribution in [3.63, 3.8) is 0 Å². The van der Waals surface area contributed by atoms with Crippen molar-refractivity contribution in [1.82, 2.24) is 9.55 Å². The number of oxazole rings is 1. The molecule has 1 unspecified atom stereocenters. The summed E-state index contributed by atoms with van der Waals surface area (Å²) in [6.07, 6.45) is 6.22. The number of rotatable bonds is 2. The highest BCUT2D eigenvalue weighted by Crippen LogP contribution is 2.38. The van der Waals surface area contributed by atoms with Gasteiger partial charge in [0.2, 0.25) is 5.89 Å². The van der Waals surface area contributed by atoms with Gasteiger partial charge in [0.25, 0.3) is 0 Å². The summed E-state index contributed by atoms with van der Waals surface area (Å²) in [4.78, 5) is 17.8. The molecule has 4 aromatic carbocycles. The number of Topliss-reactive ketones (excluding diaryl/α,β-unsaturated/α-hetero) is 1. The van der Waals surface area contributed by atoms with Crippen LogP contribution in [0.25, 0.3) is 50.0 Å². The first-order valence-electron chi connectivity index (χ1n) is 12.4. The fourth-order valence-electron chi connectivity index (χ4n) is 5.56. The number of para-hydroxylation sites is 2. The lowest BCUT2D eigenvalue weighted by Crippen LogP contribution is -2.30. The molecule has 0 fully saturated rings. The van der Waals surface area contributed by atoms with Crippen LogP contribution in [0.1, 0.15) is 16.8 Å². The van der Waals surface area contributed by atoms with Gasteiger partial charge in [0.05, 0.1) is 16.6 Å². The maximum Gasteiger partial charge on any atom is 0.227 e. The van der Waals surface area contributed by atoms with Gasteiger partial charge in [-0.25, -0.2) is 4.98 Å². The molecule has 0 saturated carbocycles. The van der Waals surface area contributed by atoms with Crippen LogP contribution in [0.5, 0.6) is 5.75 Å². The molecule has 0 bridgehead atoms. The predicted molar refractivity (Wildman–Crippen MR) is 144 cm³/mol. The Bertz CT molecular complexity index is 1900. The summed E-state index contributed by atoms with van der Waals surface area (Å²) >= 11 is 0. The average molecular weight is 481 g/mol. The quantitative estimate of drug-likeness (QED) is 0.259. The number of nitrogens with zero attached hydrogens (tertiary/aromatic N) is 2. The normalized spacial score (nSPS) is 16.6. The molecular weight excluding hydrogens is 460 g/mol. The van der Waals surface area contributed by atoms with Crippen molar-refractivity contribution in [2.45, 2.75) is 12.5 Å². The summed E-state index contributed by atoms with van der Waals surface area (Å²) in [5.41, 5.74) is 6.72. The summed E-state index contributed by atoms with van der Waals surface area (Å²) in [6, 6.07) is 28.7. The number of ether oxygens (including phenoxy) is 1. The second-order valence-corrected chi connectivity index (χ2v) is 9.47. The Kier molecular flexibility index (Phi) is 4.14. The molecule has 5 heteroatoms. The van der Waals surface area contributed by atoms with E-state index in [0.717, 1.165) is 11.3 Å². The van der Waals surface area contributed by atoms with Crippen LogP contribution in [0, 0.1) is 0 Å². The molecule has 8 rings (SSSR count). The number of hydrogen-bond acceptors (Lipinski definition) is 4. The third kappa shape index (κ3) is 2.97. The van der Waals surface area contributed by atoms with E-state index in [4.69, 9.17) is 14.1 Å². The zero-order valence-corrected chi connectivity index (χ0v) is 19.7. The number of aromatic nitrogens is 2. The van der Waals surface area contributed by atoms with Gasteiger partial charge in [-0.05, 0) is 42.5 Å². The smallest absolute Gasteiger partial charge is 0.227 e. The van der Waals surface area contributed by atoms with E-state index >= 15 is 0 Å². The number of carbonyl (C=O) groups excluding carboxylic acids is 1. The van der Waals surface area contributed by atoms with E-state index in [1.165, 1.54) is 21.8 Å². The Morgan fingerprint density at radius 1 is 0.865 bits per heavy atom. The summed E-state index contributed by atoms with van der Waals surface area (Å²) in [5.74, 6) is 1.07. The zero-order valence-electron chi connectivity index (χ0n) is 19.7. The molecule has 5 nitrogen and oxygen atoms in total. The molecule has 1 atom stereocenters. The van der Waals surface area contributed by atoms with Crippen LogP contribution in [0.4, 0.5) is 0 Å². The molecule has 0 N–H and O–H groups in total. The lowest BCUT2D eigenvalue weighted by molar-refractivity contribution is 0.0961. The molecule has 3 heterocycles. The van der Waals surface area contributed by atoms with Crippen LogP contribution < -0.4 is 4.74 Å². The molecular formula is C32H20N2O3. The predicted octanol–water partition coefficient (Wildman–Crippen LogP) is 7.42. The summed E-state index contributed by atoms with van der Waals surface area (Å²) in [7, 11) is 0. The largest absolute Gasteiger partial charge is 0.484 e. The highest BCUT2D eigenvalue weighted by molar-refractivity contribution is 6.14. The van der Waals surface area contributed by atoms with Crippen LogP contribution in [0.2, 0.25) is 0 Å². The van der Waals surface area contributed by atoms with Gasteiger partial charge >= 0.3 is 0 Å². The molecule has 37 heavy (non-hydrogen) atoms. The van der Waals surface area contributed by atoms with E-state index in [9.17, 15) is 4.79 Å². The first-order chi connectivity index (χ1) is 18.2. The molecule has 6 aromatic rings. The molecule has 2 aromatic heterocycles. The van der Waals surface area contributed by atoms with E-state index in [2.05, 4.69) is 65.2 Å². The maximum absolute atomic E-state index is 13.1. The third-order valence-electron chi connectivity index (χ3n) is 7.33. The number of carbonyl (C=O) groups is 1. The van der Waals surface area contributed by atoms with Gasteiger partial charge in [-0.3, -0.25) is 4.79 Å². The van der Waals surface area contributed by atoms with Crippen LogP contribution in [0.3, 0.4) is 0 Å². The molecule has 176 valence electrons. The van der Waals surface area contributed by atoms with Crippen molar-refractivity contribution in [3.8, 4) is 22.9 Å². The van der Waals surface area contributed by atoms with E-state index in [1.54, 1.807) is 6.07 Å². The minimum atomic E-state index is -0.234. The average Bonchev–Trinajstić information content (AvgIpc) is 3.51. The Labute approximate surface area is 211 Å². The van der Waals surface area contributed by atoms with E-state index in [1.807, 2.05) is 36.4 Å². The second-order valence-electron chi connectivity index (χ2n) is 9.47. The van der Waals surface area contributed by atoms with Gasteiger partial charge in [0, 0.05) is 40.1 Å². The SMILES string of the molecule is O=C1C2=CC=CCC2Oc2cc3nc(-c4ccc(-n5c6ccccc6c6ccccc65)cc4)oc3cc21. The summed E-state index contributed by atoms with van der Waals surface area (Å²) < 4.78 is 14.5. The highest BCUT2D eigenvalue weighted by atomic mass is 16.5. The first-order valence-corrected chi connectivity index (χ1v) is 12.4. The fourth-order valence-corrected chi connectivity index (χ4v) is 5.56. The van der Waals surface area contributed by atoms with Gasteiger partial charge in [0.1, 0.15) is 17.4 Å². The Hall–Kier alpha value is -4.90. The van der Waals surface area contributed by atoms with Gasteiger partial charge < -0.3 is 13.7 Å². The van der Waals surface area contributed by atoms with Crippen molar-refractivity contribution in [3.05, 3.63) is 114 Å². The summed E-state index contributed by atoms with van der Waals surface area (Å²) in [5, 5.41) is 2.46. The van der Waals surface area contributed by atoms with E-state index < -0.39 is 0 Å². The van der Waals surface area contributed by atoms with Crippen LogP contribution >= 0.6 is 0 Å². The Morgan fingerprint density at radius 2 is 1.59 bits per heavy atom. The van der Waals surface area contributed by atoms with Crippen LogP contribution in [-0.4, -0.2) is 21.4 Å². The van der Waals surface area contributed by atoms with Crippen molar-refractivity contribution < 1.29 is 13.9 Å². The van der Waals surface area contributed by atoms with Crippen molar-refractivity contribution in [2.24, 2.45) is 0 Å². The molecule has 0 saturated heterocycles. The molecule has 0 amide bonds. The van der Waals surface area contributed by atoms with Crippen molar-refractivity contribution in [1.29, 1.82) is 0 Å². The zero-order chi connectivity index (χ0) is 24.5. The van der Waals surface area contributed by atoms with Crippen molar-refractivity contribution in [2.75, 3.05) is 0 Å². The minimum Gasteiger partial charge on any atom is -0.484 e. The first kappa shape index (κ1) is 20.3. The van der Waals surface area contributed by atoms with Crippen molar-refractivity contribution >= 4 is 38.7 Å². The molecule has 0 radical (unpaired) electrons. The highest BCUT2D eigenvalue weighted by Gasteiger charge is 2.33. The van der Waals surface area contributed by atoms with Gasteiger partial charge in [-0.1, -0.05) is 54.6 Å². The van der Waals surface area contributed by atoms with Crippen LogP contribution in [0.15, 0.2) is 113 Å². The second kappa shape index (κ2) is 7.55. The Balaban J connectivity index is 1.20. The van der Waals surface area contributed by atoms with Gasteiger partial charge in [0.15, 0.2) is 11.4 Å². The number of hydrogen-bond donors (Lipinski definition) is 0. The number of benzene rings is 4. The molecule has 1 aliphatic carbocycles. The Morgan fingerprint density at radius 3 is 2.35 bits per heavy atom. The number of fused-ring (bicyclic) bond motifs is 6. The standard InChI is InChI=1S/C32H20N2O3/c35-31-23-9-3-6-12-28(23)36-29-18-25-30(17-24(29)31)37-32(33-25)19-13-15-20(16-14-19)34-26-10-4-1-7-21(26)22-8-2-5-11-27(22)34/h1-11,13-18,28H,12H2. The van der Waals surface area contributed by atoms with E-state index in [-0.39, 0.29) is 11.9 Å². The van der Waals surface area contributed by atoms with Gasteiger partial charge in [-0.15, -0.1) is 0 Å². The minimum absolute atomic E-state index is 0.00835. The lowest BCUT2D eigenvalue weighted by Gasteiger charge is -2.28. The summed E-state index contributed by atoms with van der Waals surface area (Å²) in [6.45, 7) is 0. The molecule has 2 aliphatic rings. The number of allylic oxidation sites excluding steroid dienone is 2. The molecule has 0 spiro atoms.